The Morgan fingerprint density at radius 2 is 1.81 bits per heavy atom. The van der Waals surface area contributed by atoms with Gasteiger partial charge in [0.05, 0.1) is 0 Å². The summed E-state index contributed by atoms with van der Waals surface area (Å²) in [5, 5.41) is 9.12. The molecule has 0 amide bonds. The van der Waals surface area contributed by atoms with E-state index in [1.165, 1.54) is 0 Å². The van der Waals surface area contributed by atoms with E-state index < -0.39 is 21.5 Å². The van der Waals surface area contributed by atoms with Crippen LogP contribution in [-0.4, -0.2) is 25.3 Å². The van der Waals surface area contributed by atoms with Gasteiger partial charge in [0.2, 0.25) is 0 Å². The van der Waals surface area contributed by atoms with E-state index in [4.69, 9.17) is 5.11 Å². The van der Waals surface area contributed by atoms with Gasteiger partial charge in [0.15, 0.2) is 0 Å². The normalized spacial score (nSPS) is 33.4. The van der Waals surface area contributed by atoms with E-state index in [0.717, 1.165) is 19.3 Å². The van der Waals surface area contributed by atoms with Gasteiger partial charge in [-0.15, -0.1) is 0 Å². The topological polar surface area (TPSA) is 54.4 Å². The Kier molecular flexibility index (Phi) is 4.16. The number of carboxylic acid groups (broad SMARTS) is 1. The fraction of sp³-hybridized carbons (Fsp3) is 0.917. The van der Waals surface area contributed by atoms with Crippen LogP contribution in [-0.2, 0) is 15.6 Å². The molecular formula is C12H22O3S. The summed E-state index contributed by atoms with van der Waals surface area (Å²) in [7, 11) is -1.28. The molecule has 1 N–H and O–H groups in total. The maximum atomic E-state index is 12.2. The first-order valence-corrected chi connectivity index (χ1v) is 7.12. The Bertz CT molecular complexity index is 299. The molecule has 94 valence electrons. The van der Waals surface area contributed by atoms with Gasteiger partial charge in [-0.25, -0.2) is 0 Å². The van der Waals surface area contributed by atoms with Crippen molar-refractivity contribution in [3.05, 3.63) is 0 Å². The molecule has 0 heterocycles. The van der Waals surface area contributed by atoms with Gasteiger partial charge in [-0.05, 0) is 44.9 Å². The zero-order valence-electron chi connectivity index (χ0n) is 10.5. The predicted molar refractivity (Wildman–Crippen MR) is 65.8 cm³/mol. The fourth-order valence-electron chi connectivity index (χ4n) is 2.20. The average Bonchev–Trinajstić information content (AvgIpc) is 2.20. The number of carbonyl (C=O) groups is 1. The van der Waals surface area contributed by atoms with Crippen LogP contribution in [0.15, 0.2) is 0 Å². The van der Waals surface area contributed by atoms with Crippen LogP contribution in [0.4, 0.5) is 0 Å². The monoisotopic (exact) mass is 246 g/mol. The molecule has 3 nitrogen and oxygen atoms in total. The number of hydrogen-bond donors (Lipinski definition) is 1. The van der Waals surface area contributed by atoms with Crippen molar-refractivity contribution in [2.45, 2.75) is 57.0 Å². The SMILES string of the molecule is CC1CCC(S(=O)C(C)(C)C(=O)O)CC1C. The first-order valence-electron chi connectivity index (χ1n) is 5.91. The second-order valence-electron chi connectivity index (χ2n) is 5.50. The summed E-state index contributed by atoms with van der Waals surface area (Å²) in [5.41, 5.74) is 0. The molecule has 0 radical (unpaired) electrons. The van der Waals surface area contributed by atoms with Gasteiger partial charge in [-0.1, -0.05) is 13.8 Å². The number of aliphatic carboxylic acids is 1. The third-order valence-corrected chi connectivity index (χ3v) is 6.09. The molecule has 4 unspecified atom stereocenters. The van der Waals surface area contributed by atoms with Gasteiger partial charge in [-0.3, -0.25) is 9.00 Å². The van der Waals surface area contributed by atoms with E-state index in [0.29, 0.717) is 11.8 Å². The molecule has 1 rings (SSSR count). The minimum Gasteiger partial charge on any atom is -0.480 e. The average molecular weight is 246 g/mol. The van der Waals surface area contributed by atoms with Crippen molar-refractivity contribution in [1.82, 2.24) is 0 Å². The van der Waals surface area contributed by atoms with E-state index in [2.05, 4.69) is 13.8 Å². The van der Waals surface area contributed by atoms with Crippen molar-refractivity contribution in [3.63, 3.8) is 0 Å². The summed E-state index contributed by atoms with van der Waals surface area (Å²) in [4.78, 5) is 11.1. The molecule has 4 heteroatoms. The molecule has 4 atom stereocenters. The highest BCUT2D eigenvalue weighted by molar-refractivity contribution is 7.87. The second kappa shape index (κ2) is 4.86. The van der Waals surface area contributed by atoms with E-state index in [9.17, 15) is 9.00 Å². The lowest BCUT2D eigenvalue weighted by Gasteiger charge is -2.34. The van der Waals surface area contributed by atoms with Gasteiger partial charge in [0, 0.05) is 16.0 Å². The summed E-state index contributed by atoms with van der Waals surface area (Å²) in [6.07, 6.45) is 2.85. The van der Waals surface area contributed by atoms with Crippen LogP contribution >= 0.6 is 0 Å². The van der Waals surface area contributed by atoms with Crippen LogP contribution in [0.1, 0.15) is 47.0 Å². The minimum absolute atomic E-state index is 0.0531. The lowest BCUT2D eigenvalue weighted by atomic mass is 9.81. The quantitative estimate of drug-likeness (QED) is 0.832. The maximum Gasteiger partial charge on any atom is 0.321 e. The van der Waals surface area contributed by atoms with Gasteiger partial charge in [-0.2, -0.15) is 0 Å². The molecule has 0 aromatic heterocycles. The maximum absolute atomic E-state index is 12.2. The van der Waals surface area contributed by atoms with Crippen molar-refractivity contribution >= 4 is 16.8 Å². The molecule has 1 aliphatic carbocycles. The summed E-state index contributed by atoms with van der Waals surface area (Å²) >= 11 is 0. The van der Waals surface area contributed by atoms with Gasteiger partial charge < -0.3 is 5.11 Å². The molecule has 1 aliphatic rings. The highest BCUT2D eigenvalue weighted by Crippen LogP contribution is 2.34. The van der Waals surface area contributed by atoms with Crippen LogP contribution in [0.25, 0.3) is 0 Å². The van der Waals surface area contributed by atoms with Crippen LogP contribution < -0.4 is 0 Å². The second-order valence-corrected chi connectivity index (χ2v) is 7.78. The van der Waals surface area contributed by atoms with Crippen molar-refractivity contribution in [3.8, 4) is 0 Å². The van der Waals surface area contributed by atoms with Gasteiger partial charge >= 0.3 is 5.97 Å². The molecule has 0 aromatic rings. The molecule has 1 saturated carbocycles. The lowest BCUT2D eigenvalue weighted by molar-refractivity contribution is -0.139. The van der Waals surface area contributed by atoms with E-state index in [-0.39, 0.29) is 5.25 Å². The van der Waals surface area contributed by atoms with Crippen LogP contribution in [0.2, 0.25) is 0 Å². The largest absolute Gasteiger partial charge is 0.480 e. The third-order valence-electron chi connectivity index (χ3n) is 3.87. The highest BCUT2D eigenvalue weighted by atomic mass is 32.2. The Balaban J connectivity index is 2.73. The molecule has 0 aliphatic heterocycles. The van der Waals surface area contributed by atoms with Gasteiger partial charge in [0.25, 0.3) is 0 Å². The molecular weight excluding hydrogens is 224 g/mol. The molecule has 0 aromatic carbocycles. The third kappa shape index (κ3) is 2.65. The highest BCUT2D eigenvalue weighted by Gasteiger charge is 2.40. The first kappa shape index (κ1) is 13.7. The zero-order valence-corrected chi connectivity index (χ0v) is 11.3. The van der Waals surface area contributed by atoms with Crippen molar-refractivity contribution in [2.24, 2.45) is 11.8 Å². The molecule has 1 fully saturated rings. The Morgan fingerprint density at radius 1 is 1.25 bits per heavy atom. The van der Waals surface area contributed by atoms with Crippen molar-refractivity contribution in [2.75, 3.05) is 0 Å². The van der Waals surface area contributed by atoms with Crippen LogP contribution in [0, 0.1) is 11.8 Å². The van der Waals surface area contributed by atoms with Gasteiger partial charge in [0.1, 0.15) is 4.75 Å². The zero-order chi connectivity index (χ0) is 12.5. The predicted octanol–water partition coefficient (Wildman–Crippen LogP) is 2.42. The van der Waals surface area contributed by atoms with Crippen LogP contribution in [0.5, 0.6) is 0 Å². The molecule has 0 bridgehead atoms. The van der Waals surface area contributed by atoms with Crippen LogP contribution in [0.3, 0.4) is 0 Å². The number of hydrogen-bond acceptors (Lipinski definition) is 2. The van der Waals surface area contributed by atoms with E-state index in [1.54, 1.807) is 13.8 Å². The molecule has 0 saturated heterocycles. The van der Waals surface area contributed by atoms with E-state index >= 15 is 0 Å². The summed E-state index contributed by atoms with van der Waals surface area (Å²) in [6.45, 7) is 7.51. The summed E-state index contributed by atoms with van der Waals surface area (Å²) in [5.74, 6) is 0.255. The smallest absolute Gasteiger partial charge is 0.321 e. The minimum atomic E-state index is -1.28. The Hall–Kier alpha value is -0.380. The fourth-order valence-corrected chi connectivity index (χ4v) is 4.03. The summed E-state index contributed by atoms with van der Waals surface area (Å²) in [6, 6.07) is 0. The number of carboxylic acids is 1. The standard InChI is InChI=1S/C12H22O3S/c1-8-5-6-10(7-9(8)2)16(15)12(3,4)11(13)14/h8-10H,5-7H2,1-4H3,(H,13,14). The Labute approximate surface area is 100 Å². The lowest BCUT2D eigenvalue weighted by Crippen LogP contribution is -2.43. The van der Waals surface area contributed by atoms with Crippen molar-refractivity contribution in [1.29, 1.82) is 0 Å². The van der Waals surface area contributed by atoms with E-state index in [1.807, 2.05) is 0 Å². The molecule has 0 spiro atoms. The molecule has 16 heavy (non-hydrogen) atoms. The summed E-state index contributed by atoms with van der Waals surface area (Å²) < 4.78 is 11.1. The first-order chi connectivity index (χ1) is 7.26. The Morgan fingerprint density at radius 3 is 2.25 bits per heavy atom. The number of rotatable bonds is 3. The van der Waals surface area contributed by atoms with Crippen molar-refractivity contribution < 1.29 is 14.1 Å².